The van der Waals surface area contributed by atoms with Crippen molar-refractivity contribution in [3.8, 4) is 11.5 Å². The smallest absolute Gasteiger partial charge is 0.191 e. The summed E-state index contributed by atoms with van der Waals surface area (Å²) in [4.78, 5) is 7.63. The summed E-state index contributed by atoms with van der Waals surface area (Å²) in [5.74, 6) is 2.45. The van der Waals surface area contributed by atoms with E-state index in [9.17, 15) is 0 Å². The van der Waals surface area contributed by atoms with Gasteiger partial charge < -0.3 is 24.8 Å². The molecule has 168 valence electrons. The van der Waals surface area contributed by atoms with E-state index in [0.29, 0.717) is 6.54 Å². The van der Waals surface area contributed by atoms with Crippen LogP contribution in [0.3, 0.4) is 0 Å². The summed E-state index contributed by atoms with van der Waals surface area (Å²) in [6.45, 7) is 10.5. The predicted molar refractivity (Wildman–Crippen MR) is 121 cm³/mol. The third kappa shape index (κ3) is 6.25. The number of guanidine groups is 1. The van der Waals surface area contributed by atoms with Crippen LogP contribution in [0.1, 0.15) is 39.5 Å². The Hall–Kier alpha value is -1.99. The molecule has 7 nitrogen and oxygen atoms in total. The summed E-state index contributed by atoms with van der Waals surface area (Å²) in [6, 6.07) is 7.70. The molecule has 1 aromatic carbocycles. The van der Waals surface area contributed by atoms with Crippen molar-refractivity contribution in [3.63, 3.8) is 0 Å². The fourth-order valence-corrected chi connectivity index (χ4v) is 4.27. The van der Waals surface area contributed by atoms with Gasteiger partial charge in [-0.3, -0.25) is 9.89 Å². The van der Waals surface area contributed by atoms with E-state index in [-0.39, 0.29) is 11.6 Å². The lowest BCUT2D eigenvalue weighted by atomic mass is 9.88. The van der Waals surface area contributed by atoms with E-state index >= 15 is 0 Å². The Morgan fingerprint density at radius 3 is 2.63 bits per heavy atom. The Balaban J connectivity index is 1.57. The van der Waals surface area contributed by atoms with E-state index in [2.05, 4.69) is 29.4 Å². The van der Waals surface area contributed by atoms with Gasteiger partial charge in [0.1, 0.15) is 17.6 Å². The van der Waals surface area contributed by atoms with Crippen LogP contribution in [-0.4, -0.2) is 75.5 Å². The Labute approximate surface area is 181 Å². The Morgan fingerprint density at radius 2 is 1.93 bits per heavy atom. The molecule has 1 unspecified atom stereocenters. The van der Waals surface area contributed by atoms with Crippen molar-refractivity contribution in [2.75, 3.05) is 53.0 Å². The minimum absolute atomic E-state index is 0.00316. The lowest BCUT2D eigenvalue weighted by Crippen LogP contribution is -2.54. The summed E-state index contributed by atoms with van der Waals surface area (Å²) >= 11 is 0. The molecule has 2 N–H and O–H groups in total. The number of aliphatic imine (C=N–C) groups is 1. The molecule has 0 bridgehead atoms. The zero-order chi connectivity index (χ0) is 21.2. The van der Waals surface area contributed by atoms with E-state index < -0.39 is 0 Å². The Morgan fingerprint density at radius 1 is 1.20 bits per heavy atom. The van der Waals surface area contributed by atoms with Crippen LogP contribution in [-0.2, 0) is 4.74 Å². The van der Waals surface area contributed by atoms with E-state index in [1.54, 1.807) is 7.11 Å². The monoisotopic (exact) mass is 418 g/mol. The third-order valence-electron chi connectivity index (χ3n) is 6.01. The van der Waals surface area contributed by atoms with Gasteiger partial charge in [0.25, 0.3) is 0 Å². The molecular formula is C23H38N4O3. The number of hydrogen-bond donors (Lipinski definition) is 2. The maximum atomic E-state index is 6.03. The molecule has 3 rings (SSSR count). The van der Waals surface area contributed by atoms with Crippen molar-refractivity contribution in [1.82, 2.24) is 15.5 Å². The summed E-state index contributed by atoms with van der Waals surface area (Å²) in [5.41, 5.74) is 0.139. The maximum Gasteiger partial charge on any atom is 0.191 e. The van der Waals surface area contributed by atoms with Crippen LogP contribution in [0.15, 0.2) is 29.3 Å². The van der Waals surface area contributed by atoms with Gasteiger partial charge in [0.15, 0.2) is 5.96 Å². The summed E-state index contributed by atoms with van der Waals surface area (Å²) in [6.07, 6.45) is 4.71. The van der Waals surface area contributed by atoms with E-state index in [0.717, 1.165) is 56.6 Å². The first-order valence-electron chi connectivity index (χ1n) is 11.3. The average molecular weight is 419 g/mol. The Bertz CT molecular complexity index is 670. The van der Waals surface area contributed by atoms with Crippen molar-refractivity contribution in [3.05, 3.63) is 24.3 Å². The molecule has 2 heterocycles. The minimum Gasteiger partial charge on any atom is -0.497 e. The molecule has 7 heteroatoms. The molecule has 0 amide bonds. The molecule has 0 saturated carbocycles. The number of nitrogens with one attached hydrogen (secondary N) is 2. The average Bonchev–Trinajstić information content (AvgIpc) is 3.32. The second-order valence-corrected chi connectivity index (χ2v) is 8.21. The van der Waals surface area contributed by atoms with E-state index in [1.165, 1.54) is 25.9 Å². The molecule has 30 heavy (non-hydrogen) atoms. The summed E-state index contributed by atoms with van der Waals surface area (Å²) in [5, 5.41) is 6.83. The molecule has 2 saturated heterocycles. The second-order valence-electron chi connectivity index (χ2n) is 8.21. The summed E-state index contributed by atoms with van der Waals surface area (Å²) in [7, 11) is 1.66. The minimum atomic E-state index is -0.00316. The van der Waals surface area contributed by atoms with Crippen molar-refractivity contribution in [1.29, 1.82) is 0 Å². The molecule has 2 aliphatic heterocycles. The maximum absolute atomic E-state index is 6.03. The topological polar surface area (TPSA) is 67.4 Å². The van der Waals surface area contributed by atoms with Crippen molar-refractivity contribution in [2.45, 2.75) is 51.2 Å². The first-order chi connectivity index (χ1) is 14.6. The van der Waals surface area contributed by atoms with Gasteiger partial charge in [0.2, 0.25) is 0 Å². The van der Waals surface area contributed by atoms with Gasteiger partial charge in [-0.1, -0.05) is 6.07 Å². The zero-order valence-electron chi connectivity index (χ0n) is 18.8. The standard InChI is InChI=1S/C23H38N4O3/c1-4-24-22(25-17-19(2)30-21-9-7-8-20(16-21)28-3)26-18-23(10-14-29-15-11-23)27-12-5-6-13-27/h7-9,16,19H,4-6,10-15,17-18H2,1-3H3,(H2,24,25,26). The number of hydrogen-bond acceptors (Lipinski definition) is 5. The lowest BCUT2D eigenvalue weighted by Gasteiger charge is -2.43. The van der Waals surface area contributed by atoms with Gasteiger partial charge >= 0.3 is 0 Å². The first-order valence-corrected chi connectivity index (χ1v) is 11.3. The van der Waals surface area contributed by atoms with Crippen LogP contribution in [0.25, 0.3) is 0 Å². The number of ether oxygens (including phenoxy) is 3. The van der Waals surface area contributed by atoms with Crippen molar-refractivity contribution < 1.29 is 14.2 Å². The van der Waals surface area contributed by atoms with Crippen LogP contribution in [0.2, 0.25) is 0 Å². The fraction of sp³-hybridized carbons (Fsp3) is 0.696. The van der Waals surface area contributed by atoms with Gasteiger partial charge in [-0.05, 0) is 64.8 Å². The largest absolute Gasteiger partial charge is 0.497 e. The van der Waals surface area contributed by atoms with Gasteiger partial charge in [0.05, 0.1) is 20.2 Å². The van der Waals surface area contributed by atoms with Crippen LogP contribution in [0.5, 0.6) is 11.5 Å². The highest BCUT2D eigenvalue weighted by Crippen LogP contribution is 2.31. The van der Waals surface area contributed by atoms with Crippen LogP contribution in [0, 0.1) is 0 Å². The molecular weight excluding hydrogens is 380 g/mol. The van der Waals surface area contributed by atoms with Gasteiger partial charge in [-0.2, -0.15) is 0 Å². The molecule has 1 aromatic rings. The van der Waals surface area contributed by atoms with Crippen molar-refractivity contribution in [2.24, 2.45) is 4.99 Å². The van der Waals surface area contributed by atoms with Crippen LogP contribution >= 0.6 is 0 Å². The van der Waals surface area contributed by atoms with E-state index in [4.69, 9.17) is 19.2 Å². The normalized spacial score (nSPS) is 20.6. The highest BCUT2D eigenvalue weighted by molar-refractivity contribution is 5.79. The molecule has 2 aliphatic rings. The molecule has 2 fully saturated rings. The van der Waals surface area contributed by atoms with Gasteiger partial charge in [-0.15, -0.1) is 0 Å². The predicted octanol–water partition coefficient (Wildman–Crippen LogP) is 2.66. The second kappa shape index (κ2) is 11.4. The van der Waals surface area contributed by atoms with Crippen LogP contribution < -0.4 is 20.1 Å². The number of rotatable bonds is 9. The zero-order valence-corrected chi connectivity index (χ0v) is 18.8. The molecule has 0 aliphatic carbocycles. The third-order valence-corrected chi connectivity index (χ3v) is 6.01. The quantitative estimate of drug-likeness (QED) is 0.475. The number of benzene rings is 1. The molecule has 1 atom stereocenters. The van der Waals surface area contributed by atoms with Gasteiger partial charge in [-0.25, -0.2) is 0 Å². The van der Waals surface area contributed by atoms with Crippen molar-refractivity contribution >= 4 is 5.96 Å². The van der Waals surface area contributed by atoms with E-state index in [1.807, 2.05) is 24.3 Å². The molecule has 0 spiro atoms. The number of methoxy groups -OCH3 is 1. The number of likely N-dealkylation sites (tertiary alicyclic amines) is 1. The van der Waals surface area contributed by atoms with Gasteiger partial charge in [0, 0.05) is 31.4 Å². The molecule has 0 radical (unpaired) electrons. The van der Waals surface area contributed by atoms with Crippen LogP contribution in [0.4, 0.5) is 0 Å². The SMILES string of the molecule is CCNC(=NCC1(N2CCCC2)CCOCC1)NCC(C)Oc1cccc(OC)c1. The first kappa shape index (κ1) is 22.7. The fourth-order valence-electron chi connectivity index (χ4n) is 4.27. The number of nitrogens with zero attached hydrogens (tertiary/aromatic N) is 2. The molecule has 0 aromatic heterocycles. The highest BCUT2D eigenvalue weighted by Gasteiger charge is 2.39. The lowest BCUT2D eigenvalue weighted by molar-refractivity contribution is -0.0139. The summed E-state index contributed by atoms with van der Waals surface area (Å²) < 4.78 is 17.0. The highest BCUT2D eigenvalue weighted by atomic mass is 16.5. The Kier molecular flexibility index (Phi) is 8.63.